The number of benzene rings is 2. The number of nitrogens with zero attached hydrogens (tertiary/aromatic N) is 1. The van der Waals surface area contributed by atoms with Gasteiger partial charge in [-0.3, -0.25) is 4.31 Å². The molecule has 2 aromatic carbocycles. The molecule has 0 aromatic heterocycles. The molecule has 0 aliphatic heterocycles. The lowest BCUT2D eigenvalue weighted by Crippen LogP contribution is -2.26. The second-order valence-electron chi connectivity index (χ2n) is 5.03. The van der Waals surface area contributed by atoms with Crippen LogP contribution in [0.1, 0.15) is 18.1 Å². The molecule has 0 unspecified atom stereocenters. The summed E-state index contributed by atoms with van der Waals surface area (Å²) in [7, 11) is -2.03. The molecule has 0 saturated heterocycles. The third-order valence-corrected chi connectivity index (χ3v) is 5.30. The summed E-state index contributed by atoms with van der Waals surface area (Å²) in [4.78, 5) is 0.281. The van der Waals surface area contributed by atoms with Gasteiger partial charge in [-0.25, -0.2) is 8.42 Å². The van der Waals surface area contributed by atoms with Crippen LogP contribution in [0.4, 0.5) is 11.4 Å². The van der Waals surface area contributed by atoms with Crippen molar-refractivity contribution in [2.45, 2.75) is 25.2 Å². The van der Waals surface area contributed by atoms with Gasteiger partial charge >= 0.3 is 0 Å². The lowest BCUT2D eigenvalue weighted by Gasteiger charge is -2.20. The van der Waals surface area contributed by atoms with Crippen molar-refractivity contribution in [2.24, 2.45) is 0 Å². The first-order valence-corrected chi connectivity index (χ1v) is 8.24. The van der Waals surface area contributed by atoms with Crippen LogP contribution >= 0.6 is 0 Å². The second kappa shape index (κ2) is 5.77. The molecule has 0 saturated carbocycles. The fourth-order valence-electron chi connectivity index (χ4n) is 2.17. The molecule has 0 bridgehead atoms. The van der Waals surface area contributed by atoms with Crippen LogP contribution in [0, 0.1) is 6.92 Å². The van der Waals surface area contributed by atoms with Gasteiger partial charge in [0, 0.05) is 12.7 Å². The standard InChI is InChI=1S/C16H20N2O2S/c1-4-13-8-9-14(11-16(13)17)18(3)21(19,20)15-7-5-6-12(2)10-15/h5-11H,4,17H2,1-3H3. The monoisotopic (exact) mass is 304 g/mol. The molecule has 2 aromatic rings. The predicted molar refractivity (Wildman–Crippen MR) is 87.0 cm³/mol. The Bertz CT molecular complexity index is 755. The highest BCUT2D eigenvalue weighted by atomic mass is 32.2. The van der Waals surface area contributed by atoms with Gasteiger partial charge in [0.1, 0.15) is 0 Å². The minimum Gasteiger partial charge on any atom is -0.398 e. The summed E-state index contributed by atoms with van der Waals surface area (Å²) in [6, 6.07) is 12.2. The summed E-state index contributed by atoms with van der Waals surface area (Å²) in [6.07, 6.45) is 0.820. The van der Waals surface area contributed by atoms with Crippen molar-refractivity contribution in [1.29, 1.82) is 0 Å². The van der Waals surface area contributed by atoms with Gasteiger partial charge in [-0.05, 0) is 48.7 Å². The van der Waals surface area contributed by atoms with Crippen molar-refractivity contribution in [2.75, 3.05) is 17.1 Å². The number of hydrogen-bond acceptors (Lipinski definition) is 3. The van der Waals surface area contributed by atoms with Crippen LogP contribution in [0.15, 0.2) is 47.4 Å². The van der Waals surface area contributed by atoms with E-state index in [4.69, 9.17) is 5.73 Å². The van der Waals surface area contributed by atoms with Crippen LogP contribution < -0.4 is 10.0 Å². The van der Waals surface area contributed by atoms with Crippen LogP contribution in [0.5, 0.6) is 0 Å². The summed E-state index contributed by atoms with van der Waals surface area (Å²) >= 11 is 0. The summed E-state index contributed by atoms with van der Waals surface area (Å²) in [5.41, 5.74) is 9.05. The number of anilines is 2. The van der Waals surface area contributed by atoms with Crippen LogP contribution in [0.3, 0.4) is 0 Å². The maximum absolute atomic E-state index is 12.6. The minimum absolute atomic E-state index is 0.281. The molecule has 0 atom stereocenters. The first kappa shape index (κ1) is 15.4. The minimum atomic E-state index is -3.57. The van der Waals surface area contributed by atoms with Crippen molar-refractivity contribution in [3.8, 4) is 0 Å². The van der Waals surface area contributed by atoms with E-state index in [-0.39, 0.29) is 4.90 Å². The van der Waals surface area contributed by atoms with Crippen LogP contribution in [0.25, 0.3) is 0 Å². The summed E-state index contributed by atoms with van der Waals surface area (Å²) in [6.45, 7) is 3.88. The number of rotatable bonds is 4. The van der Waals surface area contributed by atoms with E-state index in [1.54, 1.807) is 30.3 Å². The van der Waals surface area contributed by atoms with E-state index in [0.717, 1.165) is 17.5 Å². The lowest BCUT2D eigenvalue weighted by molar-refractivity contribution is 0.594. The fraction of sp³-hybridized carbons (Fsp3) is 0.250. The van der Waals surface area contributed by atoms with Gasteiger partial charge in [-0.2, -0.15) is 0 Å². The van der Waals surface area contributed by atoms with Crippen molar-refractivity contribution in [3.63, 3.8) is 0 Å². The molecule has 0 heterocycles. The van der Waals surface area contributed by atoms with Crippen LogP contribution in [0.2, 0.25) is 0 Å². The molecule has 0 fully saturated rings. The van der Waals surface area contributed by atoms with E-state index >= 15 is 0 Å². The van der Waals surface area contributed by atoms with Gasteiger partial charge in [0.2, 0.25) is 0 Å². The Labute approximate surface area is 126 Å². The molecule has 4 nitrogen and oxygen atoms in total. The Hall–Kier alpha value is -2.01. The average molecular weight is 304 g/mol. The smallest absolute Gasteiger partial charge is 0.264 e. The lowest BCUT2D eigenvalue weighted by atomic mass is 10.1. The topological polar surface area (TPSA) is 63.4 Å². The molecule has 0 aliphatic carbocycles. The molecule has 112 valence electrons. The highest BCUT2D eigenvalue weighted by Crippen LogP contribution is 2.26. The largest absolute Gasteiger partial charge is 0.398 e. The summed E-state index contributed by atoms with van der Waals surface area (Å²) in [5, 5.41) is 0. The maximum atomic E-state index is 12.6. The van der Waals surface area contributed by atoms with Gasteiger partial charge in [0.25, 0.3) is 10.0 Å². The van der Waals surface area contributed by atoms with E-state index in [1.807, 2.05) is 26.0 Å². The van der Waals surface area contributed by atoms with E-state index in [0.29, 0.717) is 11.4 Å². The zero-order chi connectivity index (χ0) is 15.6. The Kier molecular flexibility index (Phi) is 4.23. The van der Waals surface area contributed by atoms with Crippen LogP contribution in [-0.2, 0) is 16.4 Å². The number of nitrogens with two attached hydrogens (primary N) is 1. The van der Waals surface area contributed by atoms with Gasteiger partial charge < -0.3 is 5.73 Å². The van der Waals surface area contributed by atoms with Gasteiger partial charge in [0.05, 0.1) is 10.6 Å². The third kappa shape index (κ3) is 3.03. The quantitative estimate of drug-likeness (QED) is 0.883. The maximum Gasteiger partial charge on any atom is 0.264 e. The highest BCUT2D eigenvalue weighted by molar-refractivity contribution is 7.92. The number of hydrogen-bond donors (Lipinski definition) is 1. The second-order valence-corrected chi connectivity index (χ2v) is 6.99. The third-order valence-electron chi connectivity index (χ3n) is 3.52. The zero-order valence-corrected chi connectivity index (χ0v) is 13.3. The van der Waals surface area contributed by atoms with E-state index in [9.17, 15) is 8.42 Å². The molecule has 5 heteroatoms. The number of sulfonamides is 1. The van der Waals surface area contributed by atoms with E-state index < -0.39 is 10.0 Å². The SMILES string of the molecule is CCc1ccc(N(C)S(=O)(=O)c2cccc(C)c2)cc1N. The fourth-order valence-corrected chi connectivity index (χ4v) is 3.47. The summed E-state index contributed by atoms with van der Waals surface area (Å²) in [5.74, 6) is 0. The van der Waals surface area contributed by atoms with Crippen molar-refractivity contribution >= 4 is 21.4 Å². The molecule has 2 rings (SSSR count). The average Bonchev–Trinajstić information content (AvgIpc) is 2.46. The highest BCUT2D eigenvalue weighted by Gasteiger charge is 2.21. The first-order chi connectivity index (χ1) is 9.86. The van der Waals surface area contributed by atoms with Crippen molar-refractivity contribution in [3.05, 3.63) is 53.6 Å². The Balaban J connectivity index is 2.43. The number of nitrogen functional groups attached to an aromatic ring is 1. The molecular formula is C16H20N2O2S. The molecule has 0 radical (unpaired) electrons. The predicted octanol–water partition coefficient (Wildman–Crippen LogP) is 2.96. The zero-order valence-electron chi connectivity index (χ0n) is 12.5. The van der Waals surface area contributed by atoms with E-state index in [2.05, 4.69) is 0 Å². The van der Waals surface area contributed by atoms with Crippen molar-refractivity contribution < 1.29 is 8.42 Å². The van der Waals surface area contributed by atoms with Gasteiger partial charge in [-0.1, -0.05) is 25.1 Å². The summed E-state index contributed by atoms with van der Waals surface area (Å²) < 4.78 is 26.5. The number of aryl methyl sites for hydroxylation is 2. The Morgan fingerprint density at radius 1 is 1.14 bits per heavy atom. The molecule has 0 aliphatic rings. The molecular weight excluding hydrogens is 284 g/mol. The first-order valence-electron chi connectivity index (χ1n) is 6.80. The van der Waals surface area contributed by atoms with Gasteiger partial charge in [0.15, 0.2) is 0 Å². The molecule has 21 heavy (non-hydrogen) atoms. The Morgan fingerprint density at radius 2 is 1.86 bits per heavy atom. The molecule has 0 amide bonds. The van der Waals surface area contributed by atoms with Crippen molar-refractivity contribution in [1.82, 2.24) is 0 Å². The molecule has 2 N–H and O–H groups in total. The normalized spacial score (nSPS) is 11.4. The molecule has 0 spiro atoms. The van der Waals surface area contributed by atoms with E-state index in [1.165, 1.54) is 11.4 Å². The van der Waals surface area contributed by atoms with Crippen LogP contribution in [-0.4, -0.2) is 15.5 Å². The Morgan fingerprint density at radius 3 is 2.43 bits per heavy atom. The van der Waals surface area contributed by atoms with Gasteiger partial charge in [-0.15, -0.1) is 0 Å².